The molecule has 0 aliphatic carbocycles. The molecule has 1 N–H and O–H groups in total. The number of carbonyl (C=O) groups is 1. The minimum atomic E-state index is -0.242. The number of fused-ring (bicyclic) bond motifs is 1. The van der Waals surface area contributed by atoms with Crippen molar-refractivity contribution >= 4 is 22.4 Å². The Hall–Kier alpha value is -2.14. The highest BCUT2D eigenvalue weighted by molar-refractivity contribution is 7.16. The van der Waals surface area contributed by atoms with Gasteiger partial charge in [0.1, 0.15) is 5.75 Å². The second-order valence-electron chi connectivity index (χ2n) is 4.89. The fourth-order valence-electron chi connectivity index (χ4n) is 2.38. The van der Waals surface area contributed by atoms with Gasteiger partial charge in [0.15, 0.2) is 5.13 Å². The lowest BCUT2D eigenvalue weighted by atomic mass is 10.0. The molecule has 1 amide bonds. The van der Waals surface area contributed by atoms with Gasteiger partial charge in [0, 0.05) is 10.4 Å². The molecule has 1 aromatic carbocycles. The van der Waals surface area contributed by atoms with Crippen LogP contribution in [0.4, 0.5) is 5.13 Å². The van der Waals surface area contributed by atoms with E-state index >= 15 is 0 Å². The summed E-state index contributed by atoms with van der Waals surface area (Å²) in [6, 6.07) is 6.16. The van der Waals surface area contributed by atoms with Gasteiger partial charge < -0.3 is 4.74 Å². The summed E-state index contributed by atoms with van der Waals surface area (Å²) in [7, 11) is 0. The minimum Gasteiger partial charge on any atom is -0.493 e. The number of anilines is 1. The van der Waals surface area contributed by atoms with E-state index in [1.54, 1.807) is 0 Å². The van der Waals surface area contributed by atoms with Crippen molar-refractivity contribution < 1.29 is 9.53 Å². The predicted octanol–water partition coefficient (Wildman–Crippen LogP) is 3.57. The van der Waals surface area contributed by atoms with E-state index in [0.29, 0.717) is 5.13 Å². The van der Waals surface area contributed by atoms with Gasteiger partial charge in [-0.25, -0.2) is 4.98 Å². The van der Waals surface area contributed by atoms with Crippen LogP contribution in [0.1, 0.15) is 16.9 Å². The molecule has 1 aliphatic rings. The number of benzene rings is 1. The maximum absolute atomic E-state index is 11.4. The van der Waals surface area contributed by atoms with Crippen molar-refractivity contribution in [2.24, 2.45) is 0 Å². The van der Waals surface area contributed by atoms with Crippen molar-refractivity contribution in [1.29, 1.82) is 0 Å². The molecular weight excluding hydrogens is 284 g/mol. The molecule has 2 heterocycles. The summed E-state index contributed by atoms with van der Waals surface area (Å²) in [6.07, 6.45) is 3.33. The van der Waals surface area contributed by atoms with Crippen molar-refractivity contribution in [3.05, 3.63) is 41.3 Å². The third-order valence-corrected chi connectivity index (χ3v) is 4.28. The van der Waals surface area contributed by atoms with Crippen molar-refractivity contribution in [3.8, 4) is 17.0 Å². The fourth-order valence-corrected chi connectivity index (χ4v) is 3.22. The summed E-state index contributed by atoms with van der Waals surface area (Å²) in [6.45, 7) is 6.24. The smallest absolute Gasteiger partial charge is 0.249 e. The SMILES string of the molecule is C=CC(=O)Nc1nc(-c2ccc3c(c2)CCCO3)c(C)s1. The van der Waals surface area contributed by atoms with Gasteiger partial charge in [0.2, 0.25) is 5.91 Å². The highest BCUT2D eigenvalue weighted by Gasteiger charge is 2.15. The molecule has 0 atom stereocenters. The lowest BCUT2D eigenvalue weighted by Crippen LogP contribution is -2.08. The lowest BCUT2D eigenvalue weighted by molar-refractivity contribution is -0.111. The Morgan fingerprint density at radius 3 is 3.19 bits per heavy atom. The van der Waals surface area contributed by atoms with Crippen LogP contribution in [-0.4, -0.2) is 17.5 Å². The number of aromatic nitrogens is 1. The van der Waals surface area contributed by atoms with Gasteiger partial charge in [-0.3, -0.25) is 10.1 Å². The molecule has 0 spiro atoms. The molecule has 21 heavy (non-hydrogen) atoms. The Balaban J connectivity index is 1.93. The number of thiazole rings is 1. The van der Waals surface area contributed by atoms with E-state index in [1.807, 2.05) is 19.1 Å². The van der Waals surface area contributed by atoms with Gasteiger partial charge >= 0.3 is 0 Å². The zero-order valence-electron chi connectivity index (χ0n) is 11.8. The average molecular weight is 300 g/mol. The number of nitrogens with one attached hydrogen (secondary N) is 1. The Labute approximate surface area is 127 Å². The van der Waals surface area contributed by atoms with Crippen LogP contribution in [0.3, 0.4) is 0 Å². The quantitative estimate of drug-likeness (QED) is 0.882. The first-order valence-corrected chi connectivity index (χ1v) is 7.66. The molecule has 0 unspecified atom stereocenters. The van der Waals surface area contributed by atoms with Crippen molar-refractivity contribution in [2.75, 3.05) is 11.9 Å². The first-order valence-electron chi connectivity index (χ1n) is 6.84. The Morgan fingerprint density at radius 2 is 2.38 bits per heavy atom. The van der Waals surface area contributed by atoms with Gasteiger partial charge in [0.25, 0.3) is 0 Å². The molecule has 0 bridgehead atoms. The molecule has 0 saturated heterocycles. The van der Waals surface area contributed by atoms with Crippen LogP contribution < -0.4 is 10.1 Å². The number of hydrogen-bond donors (Lipinski definition) is 1. The number of amides is 1. The number of rotatable bonds is 3. The molecule has 4 nitrogen and oxygen atoms in total. The van der Waals surface area contributed by atoms with Crippen molar-refractivity contribution in [3.63, 3.8) is 0 Å². The van der Waals surface area contributed by atoms with Gasteiger partial charge in [-0.1, -0.05) is 6.58 Å². The van der Waals surface area contributed by atoms with E-state index < -0.39 is 0 Å². The van der Waals surface area contributed by atoms with E-state index in [0.717, 1.165) is 41.3 Å². The third kappa shape index (κ3) is 2.83. The van der Waals surface area contributed by atoms with Crippen molar-refractivity contribution in [1.82, 2.24) is 4.98 Å². The Kier molecular flexibility index (Phi) is 3.75. The molecule has 5 heteroatoms. The van der Waals surface area contributed by atoms with Crippen LogP contribution in [0, 0.1) is 6.92 Å². The number of hydrogen-bond acceptors (Lipinski definition) is 4. The van der Waals surface area contributed by atoms with E-state index in [-0.39, 0.29) is 5.91 Å². The van der Waals surface area contributed by atoms with Gasteiger partial charge in [0.05, 0.1) is 12.3 Å². The van der Waals surface area contributed by atoms with Crippen LogP contribution in [0.5, 0.6) is 5.75 Å². The minimum absolute atomic E-state index is 0.242. The molecular formula is C16H16N2O2S. The first-order chi connectivity index (χ1) is 10.2. The summed E-state index contributed by atoms with van der Waals surface area (Å²) in [5.41, 5.74) is 3.20. The number of ether oxygens (including phenoxy) is 1. The average Bonchev–Trinajstić information content (AvgIpc) is 2.87. The van der Waals surface area contributed by atoms with E-state index in [9.17, 15) is 4.79 Å². The van der Waals surface area contributed by atoms with Crippen LogP contribution in [0.25, 0.3) is 11.3 Å². The van der Waals surface area contributed by atoms with Gasteiger partial charge in [-0.15, -0.1) is 11.3 Å². The molecule has 1 aliphatic heterocycles. The monoisotopic (exact) mass is 300 g/mol. The second-order valence-corrected chi connectivity index (χ2v) is 6.09. The third-order valence-electron chi connectivity index (χ3n) is 3.39. The van der Waals surface area contributed by atoms with E-state index in [2.05, 4.69) is 22.9 Å². The van der Waals surface area contributed by atoms with Gasteiger partial charge in [-0.05, 0) is 49.6 Å². The maximum Gasteiger partial charge on any atom is 0.249 e. The number of aryl methyl sites for hydroxylation is 2. The van der Waals surface area contributed by atoms with Crippen molar-refractivity contribution in [2.45, 2.75) is 19.8 Å². The number of carbonyl (C=O) groups excluding carboxylic acids is 1. The lowest BCUT2D eigenvalue weighted by Gasteiger charge is -2.17. The molecule has 0 saturated carbocycles. The summed E-state index contributed by atoms with van der Waals surface area (Å²) < 4.78 is 5.63. The molecule has 108 valence electrons. The zero-order valence-corrected chi connectivity index (χ0v) is 12.6. The van der Waals surface area contributed by atoms with E-state index in [4.69, 9.17) is 4.74 Å². The largest absolute Gasteiger partial charge is 0.493 e. The second kappa shape index (κ2) is 5.69. The normalized spacial score (nSPS) is 13.2. The molecule has 2 aromatic rings. The highest BCUT2D eigenvalue weighted by atomic mass is 32.1. The summed E-state index contributed by atoms with van der Waals surface area (Å²) in [4.78, 5) is 16.9. The summed E-state index contributed by atoms with van der Waals surface area (Å²) in [5.74, 6) is 0.729. The number of nitrogens with zero attached hydrogens (tertiary/aromatic N) is 1. The van der Waals surface area contributed by atoms with Crippen LogP contribution in [0.2, 0.25) is 0 Å². The van der Waals surface area contributed by atoms with Crippen LogP contribution in [0.15, 0.2) is 30.9 Å². The fraction of sp³-hybridized carbons (Fsp3) is 0.250. The highest BCUT2D eigenvalue weighted by Crippen LogP contribution is 2.34. The molecule has 0 radical (unpaired) electrons. The molecule has 0 fully saturated rings. The topological polar surface area (TPSA) is 51.2 Å². The maximum atomic E-state index is 11.4. The van der Waals surface area contributed by atoms with Gasteiger partial charge in [-0.2, -0.15) is 0 Å². The summed E-state index contributed by atoms with van der Waals surface area (Å²) in [5, 5.41) is 3.31. The Bertz CT molecular complexity index is 706. The summed E-state index contributed by atoms with van der Waals surface area (Å²) >= 11 is 1.47. The molecule has 3 rings (SSSR count). The predicted molar refractivity (Wildman–Crippen MR) is 84.9 cm³/mol. The molecule has 1 aromatic heterocycles. The Morgan fingerprint density at radius 1 is 1.52 bits per heavy atom. The van der Waals surface area contributed by atoms with E-state index in [1.165, 1.54) is 23.0 Å². The van der Waals surface area contributed by atoms with Crippen LogP contribution in [-0.2, 0) is 11.2 Å². The first kappa shape index (κ1) is 13.8. The zero-order chi connectivity index (χ0) is 14.8. The van der Waals surface area contributed by atoms with Crippen LogP contribution >= 0.6 is 11.3 Å². The standard InChI is InChI=1S/C16H16N2O2S/c1-3-14(19)17-16-18-15(10(2)21-16)12-6-7-13-11(9-12)5-4-8-20-13/h3,6-7,9H,1,4-5,8H2,2H3,(H,17,18,19).